The Labute approximate surface area is 148 Å². The van der Waals surface area contributed by atoms with Gasteiger partial charge in [-0.3, -0.25) is 9.69 Å². The first kappa shape index (κ1) is 17.7. The van der Waals surface area contributed by atoms with Gasteiger partial charge < -0.3 is 9.73 Å². The van der Waals surface area contributed by atoms with Gasteiger partial charge >= 0.3 is 0 Å². The maximum atomic E-state index is 13.0. The number of nitrogens with one attached hydrogen (secondary N) is 1. The third-order valence-corrected chi connectivity index (χ3v) is 4.86. The van der Waals surface area contributed by atoms with E-state index in [0.29, 0.717) is 12.5 Å². The summed E-state index contributed by atoms with van der Waals surface area (Å²) in [5.41, 5.74) is 1.19. The molecule has 1 atom stereocenters. The van der Waals surface area contributed by atoms with Crippen LogP contribution in [0.1, 0.15) is 37.1 Å². The fourth-order valence-electron chi connectivity index (χ4n) is 3.40. The highest BCUT2D eigenvalue weighted by Crippen LogP contribution is 2.22. The van der Waals surface area contributed by atoms with E-state index in [2.05, 4.69) is 10.2 Å². The van der Waals surface area contributed by atoms with Crippen molar-refractivity contribution in [3.05, 3.63) is 59.8 Å². The van der Waals surface area contributed by atoms with Crippen LogP contribution in [-0.2, 0) is 11.2 Å². The van der Waals surface area contributed by atoms with Crippen molar-refractivity contribution in [3.8, 4) is 0 Å². The predicted molar refractivity (Wildman–Crippen MR) is 94.5 cm³/mol. The van der Waals surface area contributed by atoms with Crippen LogP contribution in [0.4, 0.5) is 4.39 Å². The third kappa shape index (κ3) is 5.16. The SMILES string of the molecule is CC(NC(=O)CN1CCC(Cc2ccc(F)cc2)CC1)c1ccco1. The molecule has 1 N–H and O–H groups in total. The Hall–Kier alpha value is -2.14. The molecule has 3 rings (SSSR count). The van der Waals surface area contributed by atoms with E-state index in [9.17, 15) is 9.18 Å². The Kier molecular flexibility index (Phi) is 5.87. The molecule has 2 aromatic rings. The molecular weight excluding hydrogens is 319 g/mol. The minimum Gasteiger partial charge on any atom is -0.467 e. The molecule has 1 aliphatic rings. The van der Waals surface area contributed by atoms with E-state index in [4.69, 9.17) is 4.42 Å². The Balaban J connectivity index is 1.40. The minimum atomic E-state index is -0.187. The fourth-order valence-corrected chi connectivity index (χ4v) is 3.40. The number of carbonyl (C=O) groups is 1. The van der Waals surface area contributed by atoms with E-state index in [1.165, 1.54) is 17.7 Å². The highest BCUT2D eigenvalue weighted by atomic mass is 19.1. The molecule has 5 heteroatoms. The zero-order valence-electron chi connectivity index (χ0n) is 14.6. The number of hydrogen-bond donors (Lipinski definition) is 1. The van der Waals surface area contributed by atoms with Crippen LogP contribution in [0.25, 0.3) is 0 Å². The molecule has 0 saturated carbocycles. The number of nitrogens with zero attached hydrogens (tertiary/aromatic N) is 1. The maximum absolute atomic E-state index is 13.0. The van der Waals surface area contributed by atoms with Gasteiger partial charge in [0.25, 0.3) is 0 Å². The summed E-state index contributed by atoms with van der Waals surface area (Å²) in [6.07, 6.45) is 4.73. The van der Waals surface area contributed by atoms with E-state index in [0.717, 1.165) is 38.1 Å². The number of halogens is 1. The van der Waals surface area contributed by atoms with Gasteiger partial charge in [0, 0.05) is 0 Å². The molecule has 0 aliphatic carbocycles. The first-order valence-electron chi connectivity index (χ1n) is 8.89. The summed E-state index contributed by atoms with van der Waals surface area (Å²) in [6, 6.07) is 10.4. The second kappa shape index (κ2) is 8.30. The van der Waals surface area contributed by atoms with Crippen molar-refractivity contribution < 1.29 is 13.6 Å². The van der Waals surface area contributed by atoms with Crippen LogP contribution in [0, 0.1) is 11.7 Å². The van der Waals surface area contributed by atoms with E-state index < -0.39 is 0 Å². The van der Waals surface area contributed by atoms with E-state index in [1.807, 2.05) is 31.2 Å². The monoisotopic (exact) mass is 344 g/mol. The molecule has 134 valence electrons. The number of hydrogen-bond acceptors (Lipinski definition) is 3. The zero-order chi connectivity index (χ0) is 17.6. The van der Waals surface area contributed by atoms with Crippen LogP contribution in [0.15, 0.2) is 47.1 Å². The van der Waals surface area contributed by atoms with Gasteiger partial charge in [0.2, 0.25) is 5.91 Å². The van der Waals surface area contributed by atoms with Gasteiger partial charge in [0.15, 0.2) is 0 Å². The van der Waals surface area contributed by atoms with Crippen molar-refractivity contribution >= 4 is 5.91 Å². The number of carbonyl (C=O) groups excluding carboxylic acids is 1. The Morgan fingerprint density at radius 1 is 1.28 bits per heavy atom. The summed E-state index contributed by atoms with van der Waals surface area (Å²) in [7, 11) is 0. The van der Waals surface area contributed by atoms with Crippen LogP contribution >= 0.6 is 0 Å². The van der Waals surface area contributed by atoms with Gasteiger partial charge in [-0.15, -0.1) is 0 Å². The second-order valence-corrected chi connectivity index (χ2v) is 6.85. The molecule has 1 aromatic heterocycles. The number of rotatable bonds is 6. The molecule has 1 amide bonds. The molecule has 1 aliphatic heterocycles. The van der Waals surface area contributed by atoms with Crippen molar-refractivity contribution in [1.29, 1.82) is 0 Å². The van der Waals surface area contributed by atoms with Crippen LogP contribution in [0.3, 0.4) is 0 Å². The lowest BCUT2D eigenvalue weighted by atomic mass is 9.90. The highest BCUT2D eigenvalue weighted by Gasteiger charge is 2.22. The molecular formula is C20H25FN2O2. The predicted octanol–water partition coefficient (Wildman–Crippen LogP) is 3.55. The highest BCUT2D eigenvalue weighted by molar-refractivity contribution is 5.78. The summed E-state index contributed by atoms with van der Waals surface area (Å²) in [5.74, 6) is 1.22. The van der Waals surface area contributed by atoms with Gasteiger partial charge in [0.05, 0.1) is 18.8 Å². The van der Waals surface area contributed by atoms with Gasteiger partial charge in [-0.2, -0.15) is 0 Å². The van der Waals surface area contributed by atoms with Crippen LogP contribution in [0.5, 0.6) is 0 Å². The normalized spacial score (nSPS) is 17.4. The van der Waals surface area contributed by atoms with E-state index >= 15 is 0 Å². The second-order valence-electron chi connectivity index (χ2n) is 6.85. The molecule has 1 saturated heterocycles. The maximum Gasteiger partial charge on any atom is 0.234 e. The molecule has 1 unspecified atom stereocenters. The van der Waals surface area contributed by atoms with E-state index in [-0.39, 0.29) is 17.8 Å². The fraction of sp³-hybridized carbons (Fsp3) is 0.450. The van der Waals surface area contributed by atoms with Crippen LogP contribution in [0.2, 0.25) is 0 Å². The molecule has 4 nitrogen and oxygen atoms in total. The van der Waals surface area contributed by atoms with Gasteiger partial charge in [-0.1, -0.05) is 12.1 Å². The number of amides is 1. The van der Waals surface area contributed by atoms with Crippen molar-refractivity contribution in [1.82, 2.24) is 10.2 Å². The van der Waals surface area contributed by atoms with Crippen molar-refractivity contribution in [3.63, 3.8) is 0 Å². The molecule has 2 heterocycles. The summed E-state index contributed by atoms with van der Waals surface area (Å²) >= 11 is 0. The van der Waals surface area contributed by atoms with E-state index in [1.54, 1.807) is 6.26 Å². The minimum absolute atomic E-state index is 0.0286. The van der Waals surface area contributed by atoms with Crippen molar-refractivity contribution in [2.24, 2.45) is 5.92 Å². The lowest BCUT2D eigenvalue weighted by Gasteiger charge is -2.31. The Morgan fingerprint density at radius 3 is 2.64 bits per heavy atom. The first-order chi connectivity index (χ1) is 12.1. The first-order valence-corrected chi connectivity index (χ1v) is 8.89. The molecule has 1 aromatic carbocycles. The van der Waals surface area contributed by atoms with Crippen LogP contribution < -0.4 is 5.32 Å². The number of furan rings is 1. The summed E-state index contributed by atoms with van der Waals surface area (Å²) in [6.45, 7) is 4.20. The number of likely N-dealkylation sites (tertiary alicyclic amines) is 1. The Bertz CT molecular complexity index is 662. The standard InChI is InChI=1S/C20H25FN2O2/c1-15(19-3-2-12-25-19)22-20(24)14-23-10-8-17(9-11-23)13-16-4-6-18(21)7-5-16/h2-7,12,15,17H,8-11,13-14H2,1H3,(H,22,24). The summed E-state index contributed by atoms with van der Waals surface area (Å²) < 4.78 is 18.3. The smallest absolute Gasteiger partial charge is 0.234 e. The van der Waals surface area contributed by atoms with Crippen LogP contribution in [-0.4, -0.2) is 30.4 Å². The zero-order valence-corrected chi connectivity index (χ0v) is 14.6. The average molecular weight is 344 g/mol. The molecule has 0 bridgehead atoms. The third-order valence-electron chi connectivity index (χ3n) is 4.86. The topological polar surface area (TPSA) is 45.5 Å². The van der Waals surface area contributed by atoms with Crippen molar-refractivity contribution in [2.75, 3.05) is 19.6 Å². The molecule has 25 heavy (non-hydrogen) atoms. The number of benzene rings is 1. The summed E-state index contributed by atoms with van der Waals surface area (Å²) in [5, 5.41) is 2.98. The van der Waals surface area contributed by atoms with Crippen molar-refractivity contribution in [2.45, 2.75) is 32.2 Å². The molecule has 0 spiro atoms. The average Bonchev–Trinajstić information content (AvgIpc) is 3.13. The molecule has 1 fully saturated rings. The largest absolute Gasteiger partial charge is 0.467 e. The lowest BCUT2D eigenvalue weighted by Crippen LogP contribution is -2.42. The quantitative estimate of drug-likeness (QED) is 0.872. The van der Waals surface area contributed by atoms with Gasteiger partial charge in [-0.25, -0.2) is 4.39 Å². The van der Waals surface area contributed by atoms with Gasteiger partial charge in [0.1, 0.15) is 11.6 Å². The summed E-state index contributed by atoms with van der Waals surface area (Å²) in [4.78, 5) is 14.4. The number of piperidine rings is 1. The Morgan fingerprint density at radius 2 is 2.00 bits per heavy atom. The molecule has 0 radical (unpaired) electrons. The van der Waals surface area contributed by atoms with Gasteiger partial charge in [-0.05, 0) is 75.0 Å². The lowest BCUT2D eigenvalue weighted by molar-refractivity contribution is -0.123.